The van der Waals surface area contributed by atoms with Crippen LogP contribution < -0.4 is 0 Å². The number of hydrogen-bond donors (Lipinski definition) is 0. The third-order valence-electron chi connectivity index (χ3n) is 6.01. The Morgan fingerprint density at radius 3 is 2.11 bits per heavy atom. The third-order valence-corrected chi connectivity index (χ3v) is 8.60. The van der Waals surface area contributed by atoms with Crippen LogP contribution in [0.1, 0.15) is 11.1 Å². The second kappa shape index (κ2) is 11.7. The van der Waals surface area contributed by atoms with Crippen LogP contribution in [0, 0.1) is 0 Å². The minimum Gasteiger partial charge on any atom is -0.339 e. The molecule has 0 N–H and O–H groups in total. The number of amides is 1. The van der Waals surface area contributed by atoms with Gasteiger partial charge in [0.05, 0.1) is 11.4 Å². The molecule has 1 heterocycles. The van der Waals surface area contributed by atoms with Gasteiger partial charge in [0.1, 0.15) is 0 Å². The Kier molecular flexibility index (Phi) is 8.62. The zero-order valence-electron chi connectivity index (χ0n) is 19.2. The van der Waals surface area contributed by atoms with E-state index in [4.69, 9.17) is 11.6 Å². The maximum Gasteiger partial charge on any atom is 0.243 e. The Balaban J connectivity index is 1.46. The van der Waals surface area contributed by atoms with Crippen LogP contribution in [0.2, 0.25) is 5.02 Å². The van der Waals surface area contributed by atoms with Crippen molar-refractivity contribution in [2.24, 2.45) is 0 Å². The van der Waals surface area contributed by atoms with E-state index in [1.165, 1.54) is 9.87 Å². The van der Waals surface area contributed by atoms with Crippen molar-refractivity contribution in [2.45, 2.75) is 18.0 Å². The monoisotopic (exact) mass is 575 g/mol. The molecule has 0 radical (unpaired) electrons. The summed E-state index contributed by atoms with van der Waals surface area (Å²) < 4.78 is 29.0. The molecular weight excluding hydrogens is 550 g/mol. The van der Waals surface area contributed by atoms with Crippen molar-refractivity contribution < 1.29 is 13.2 Å². The number of piperazine rings is 1. The zero-order chi connectivity index (χ0) is 24.8. The molecule has 0 saturated carbocycles. The summed E-state index contributed by atoms with van der Waals surface area (Å²) in [6.45, 7) is 3.32. The van der Waals surface area contributed by atoms with E-state index < -0.39 is 10.0 Å². The average molecular weight is 577 g/mol. The zero-order valence-corrected chi connectivity index (χ0v) is 22.3. The maximum atomic E-state index is 13.5. The number of nitrogens with zero attached hydrogens (tertiary/aromatic N) is 3. The SMILES string of the molecule is O=C(CN(Cc1ccc(Cl)cc1)S(=O)(=O)c1ccc(Br)cc1)N1CCN(Cc2ccccc2)CC1. The van der Waals surface area contributed by atoms with Crippen LogP contribution in [0.4, 0.5) is 0 Å². The fourth-order valence-electron chi connectivity index (χ4n) is 4.02. The molecule has 184 valence electrons. The molecule has 0 aliphatic carbocycles. The molecular formula is C26H27BrClN3O3S. The van der Waals surface area contributed by atoms with Gasteiger partial charge < -0.3 is 4.90 Å². The summed E-state index contributed by atoms with van der Waals surface area (Å²) in [4.78, 5) is 17.4. The molecule has 0 spiro atoms. The maximum absolute atomic E-state index is 13.5. The predicted octanol–water partition coefficient (Wildman–Crippen LogP) is 4.64. The third kappa shape index (κ3) is 6.92. The Morgan fingerprint density at radius 2 is 1.49 bits per heavy atom. The highest BCUT2D eigenvalue weighted by Gasteiger charge is 2.30. The van der Waals surface area contributed by atoms with Crippen molar-refractivity contribution >= 4 is 43.5 Å². The van der Waals surface area contributed by atoms with Crippen LogP contribution in [0.3, 0.4) is 0 Å². The lowest BCUT2D eigenvalue weighted by molar-refractivity contribution is -0.133. The van der Waals surface area contributed by atoms with E-state index in [0.717, 1.165) is 29.7 Å². The van der Waals surface area contributed by atoms with Gasteiger partial charge in [-0.2, -0.15) is 4.31 Å². The normalized spacial score (nSPS) is 14.9. The molecule has 0 bridgehead atoms. The summed E-state index contributed by atoms with van der Waals surface area (Å²) in [6, 6.07) is 23.7. The van der Waals surface area contributed by atoms with Crippen molar-refractivity contribution in [3.05, 3.63) is 99.5 Å². The topological polar surface area (TPSA) is 60.9 Å². The summed E-state index contributed by atoms with van der Waals surface area (Å²) in [7, 11) is -3.89. The van der Waals surface area contributed by atoms with Gasteiger partial charge in [0.15, 0.2) is 0 Å². The van der Waals surface area contributed by atoms with Gasteiger partial charge >= 0.3 is 0 Å². The highest BCUT2D eigenvalue weighted by molar-refractivity contribution is 9.10. The van der Waals surface area contributed by atoms with Gasteiger partial charge in [0.2, 0.25) is 15.9 Å². The van der Waals surface area contributed by atoms with Crippen LogP contribution in [-0.4, -0.2) is 61.2 Å². The number of sulfonamides is 1. The first-order valence-electron chi connectivity index (χ1n) is 11.4. The standard InChI is InChI=1S/C26H27BrClN3O3S/c27-23-8-12-25(13-9-23)35(33,34)31(19-22-6-10-24(28)11-7-22)20-26(32)30-16-14-29(15-17-30)18-21-4-2-1-3-5-21/h1-13H,14-20H2. The summed E-state index contributed by atoms with van der Waals surface area (Å²) in [5, 5.41) is 0.570. The number of carbonyl (C=O) groups is 1. The summed E-state index contributed by atoms with van der Waals surface area (Å²) in [5.74, 6) is -0.195. The Labute approximate surface area is 220 Å². The molecule has 6 nitrogen and oxygen atoms in total. The molecule has 9 heteroatoms. The summed E-state index contributed by atoms with van der Waals surface area (Å²) in [6.07, 6.45) is 0. The predicted molar refractivity (Wildman–Crippen MR) is 141 cm³/mol. The molecule has 0 unspecified atom stereocenters. The van der Waals surface area contributed by atoms with Crippen LogP contribution in [0.5, 0.6) is 0 Å². The van der Waals surface area contributed by atoms with E-state index >= 15 is 0 Å². The molecule has 1 aliphatic rings. The van der Waals surface area contributed by atoms with Gasteiger partial charge in [0.25, 0.3) is 0 Å². The second-order valence-electron chi connectivity index (χ2n) is 8.50. The van der Waals surface area contributed by atoms with Gasteiger partial charge in [-0.3, -0.25) is 9.69 Å². The largest absolute Gasteiger partial charge is 0.339 e. The number of hydrogen-bond acceptors (Lipinski definition) is 4. The average Bonchev–Trinajstić information content (AvgIpc) is 2.86. The first-order valence-corrected chi connectivity index (χ1v) is 14.0. The second-order valence-corrected chi connectivity index (χ2v) is 11.8. The van der Waals surface area contributed by atoms with Crippen LogP contribution in [-0.2, 0) is 27.9 Å². The van der Waals surface area contributed by atoms with Crippen molar-refractivity contribution in [3.8, 4) is 0 Å². The highest BCUT2D eigenvalue weighted by Crippen LogP contribution is 2.22. The lowest BCUT2D eigenvalue weighted by atomic mass is 10.2. The summed E-state index contributed by atoms with van der Waals surface area (Å²) in [5.41, 5.74) is 2.00. The van der Waals surface area contributed by atoms with Gasteiger partial charge in [-0.25, -0.2) is 8.42 Å². The van der Waals surface area contributed by atoms with Crippen LogP contribution in [0.15, 0.2) is 88.2 Å². The van der Waals surface area contributed by atoms with Crippen molar-refractivity contribution in [1.29, 1.82) is 0 Å². The lowest BCUT2D eigenvalue weighted by Gasteiger charge is -2.35. The fraction of sp³-hybridized carbons (Fsp3) is 0.269. The Morgan fingerprint density at radius 1 is 0.857 bits per heavy atom. The number of carbonyl (C=O) groups excluding carboxylic acids is 1. The summed E-state index contributed by atoms with van der Waals surface area (Å²) >= 11 is 9.34. The van der Waals surface area contributed by atoms with Gasteiger partial charge in [-0.1, -0.05) is 70.0 Å². The van der Waals surface area contributed by atoms with Gasteiger partial charge in [-0.15, -0.1) is 0 Å². The number of rotatable bonds is 8. The molecule has 0 aromatic heterocycles. The van der Waals surface area contributed by atoms with E-state index in [0.29, 0.717) is 18.1 Å². The molecule has 1 aliphatic heterocycles. The molecule has 0 atom stereocenters. The minimum absolute atomic E-state index is 0.0786. The van der Waals surface area contributed by atoms with Crippen LogP contribution >= 0.6 is 27.5 Å². The molecule has 35 heavy (non-hydrogen) atoms. The molecule has 1 amide bonds. The molecule has 1 fully saturated rings. The Hall–Kier alpha value is -2.23. The van der Waals surface area contributed by atoms with Crippen LogP contribution in [0.25, 0.3) is 0 Å². The Bertz CT molecular complexity index is 1230. The lowest BCUT2D eigenvalue weighted by Crippen LogP contribution is -2.51. The van der Waals surface area contributed by atoms with E-state index in [1.54, 1.807) is 53.4 Å². The van der Waals surface area contributed by atoms with E-state index in [-0.39, 0.29) is 23.9 Å². The first kappa shape index (κ1) is 25.9. The van der Waals surface area contributed by atoms with Crippen molar-refractivity contribution in [1.82, 2.24) is 14.1 Å². The fourth-order valence-corrected chi connectivity index (χ4v) is 5.79. The van der Waals surface area contributed by atoms with E-state index in [1.807, 2.05) is 18.2 Å². The molecule has 1 saturated heterocycles. The number of halogens is 2. The molecule has 3 aromatic carbocycles. The minimum atomic E-state index is -3.89. The molecule has 3 aromatic rings. The van der Waals surface area contributed by atoms with Gasteiger partial charge in [0, 0.05) is 48.8 Å². The number of benzene rings is 3. The quantitative estimate of drug-likeness (QED) is 0.392. The smallest absolute Gasteiger partial charge is 0.243 e. The van der Waals surface area contributed by atoms with E-state index in [9.17, 15) is 13.2 Å². The first-order chi connectivity index (χ1) is 16.8. The highest BCUT2D eigenvalue weighted by atomic mass is 79.9. The van der Waals surface area contributed by atoms with Crippen molar-refractivity contribution in [3.63, 3.8) is 0 Å². The van der Waals surface area contributed by atoms with E-state index in [2.05, 4.69) is 33.0 Å². The molecule has 4 rings (SSSR count). The van der Waals surface area contributed by atoms with Crippen molar-refractivity contribution in [2.75, 3.05) is 32.7 Å². The van der Waals surface area contributed by atoms with Gasteiger partial charge in [-0.05, 0) is 47.5 Å².